The van der Waals surface area contributed by atoms with E-state index >= 15 is 0 Å². The van der Waals surface area contributed by atoms with E-state index in [2.05, 4.69) is 61.4 Å². The van der Waals surface area contributed by atoms with E-state index < -0.39 is 8.32 Å². The zero-order valence-corrected chi connectivity index (χ0v) is 13.1. The SMILES string of the molecule is CC(C)(C)[Si](C)(C)Oc1cccnc1I. The summed E-state index contributed by atoms with van der Waals surface area (Å²) in [5, 5.41) is 0.228. The van der Waals surface area contributed by atoms with Gasteiger partial charge in [0.05, 0.1) is 0 Å². The van der Waals surface area contributed by atoms with Crippen LogP contribution in [-0.2, 0) is 0 Å². The van der Waals surface area contributed by atoms with Crippen LogP contribution in [0.5, 0.6) is 5.75 Å². The van der Waals surface area contributed by atoms with E-state index in [4.69, 9.17) is 4.43 Å². The molecule has 0 amide bonds. The molecule has 1 heterocycles. The summed E-state index contributed by atoms with van der Waals surface area (Å²) in [6, 6.07) is 3.92. The van der Waals surface area contributed by atoms with Crippen molar-refractivity contribution in [2.45, 2.75) is 38.9 Å². The van der Waals surface area contributed by atoms with Crippen LogP contribution < -0.4 is 4.43 Å². The Labute approximate surface area is 107 Å². The molecule has 1 aromatic heterocycles. The van der Waals surface area contributed by atoms with E-state index in [1.54, 1.807) is 6.20 Å². The largest absolute Gasteiger partial charge is 0.542 e. The third kappa shape index (κ3) is 3.17. The number of aromatic nitrogens is 1. The molecule has 0 saturated heterocycles. The molecule has 15 heavy (non-hydrogen) atoms. The zero-order chi connectivity index (χ0) is 11.7. The first-order valence-corrected chi connectivity index (χ1v) is 9.02. The van der Waals surface area contributed by atoms with Crippen molar-refractivity contribution in [2.24, 2.45) is 0 Å². The number of rotatable bonds is 2. The summed E-state index contributed by atoms with van der Waals surface area (Å²) in [5.41, 5.74) is 0. The number of hydrogen-bond donors (Lipinski definition) is 0. The Morgan fingerprint density at radius 2 is 1.93 bits per heavy atom. The Morgan fingerprint density at radius 3 is 2.40 bits per heavy atom. The second-order valence-electron chi connectivity index (χ2n) is 5.15. The summed E-state index contributed by atoms with van der Waals surface area (Å²) in [6.07, 6.45) is 1.79. The molecule has 0 N–H and O–H groups in total. The molecular formula is C11H18INOSi. The van der Waals surface area contributed by atoms with Crippen molar-refractivity contribution in [3.8, 4) is 5.75 Å². The molecule has 0 radical (unpaired) electrons. The lowest BCUT2D eigenvalue weighted by Crippen LogP contribution is -2.44. The second kappa shape index (κ2) is 4.41. The third-order valence-electron chi connectivity index (χ3n) is 2.90. The smallest absolute Gasteiger partial charge is 0.250 e. The highest BCUT2D eigenvalue weighted by Gasteiger charge is 2.39. The molecule has 1 aromatic rings. The average Bonchev–Trinajstić information content (AvgIpc) is 2.06. The van der Waals surface area contributed by atoms with Gasteiger partial charge in [0.15, 0.2) is 0 Å². The van der Waals surface area contributed by atoms with Gasteiger partial charge in [0.25, 0.3) is 8.32 Å². The Hall–Kier alpha value is -0.103. The first-order valence-electron chi connectivity index (χ1n) is 5.03. The maximum atomic E-state index is 6.17. The van der Waals surface area contributed by atoms with Crippen molar-refractivity contribution in [1.29, 1.82) is 0 Å². The predicted molar refractivity (Wildman–Crippen MR) is 74.8 cm³/mol. The molecule has 84 valence electrons. The van der Waals surface area contributed by atoms with Gasteiger partial charge in [0.1, 0.15) is 9.45 Å². The number of halogens is 1. The molecule has 0 aliphatic heterocycles. The van der Waals surface area contributed by atoms with Crippen molar-refractivity contribution in [2.75, 3.05) is 0 Å². The summed E-state index contributed by atoms with van der Waals surface area (Å²) in [6.45, 7) is 11.2. The maximum absolute atomic E-state index is 6.17. The van der Waals surface area contributed by atoms with Crippen LogP contribution >= 0.6 is 22.6 Å². The van der Waals surface area contributed by atoms with Crippen LogP contribution in [0.25, 0.3) is 0 Å². The predicted octanol–water partition coefficient (Wildman–Crippen LogP) is 4.07. The van der Waals surface area contributed by atoms with E-state index in [9.17, 15) is 0 Å². The first-order chi connectivity index (χ1) is 6.74. The third-order valence-corrected chi connectivity index (χ3v) is 8.05. The molecule has 0 saturated carbocycles. The second-order valence-corrected chi connectivity index (χ2v) is 10.9. The summed E-state index contributed by atoms with van der Waals surface area (Å²) in [5.74, 6) is 0.921. The van der Waals surface area contributed by atoms with E-state index in [1.807, 2.05) is 12.1 Å². The van der Waals surface area contributed by atoms with Gasteiger partial charge in [-0.05, 0) is 52.9 Å². The lowest BCUT2D eigenvalue weighted by Gasteiger charge is -2.36. The number of nitrogens with zero attached hydrogens (tertiary/aromatic N) is 1. The Kier molecular flexibility index (Phi) is 3.81. The monoisotopic (exact) mass is 335 g/mol. The molecule has 0 unspecified atom stereocenters. The lowest BCUT2D eigenvalue weighted by atomic mass is 10.2. The van der Waals surface area contributed by atoms with E-state index in [0.29, 0.717) is 0 Å². The molecule has 2 nitrogen and oxygen atoms in total. The van der Waals surface area contributed by atoms with Crippen molar-refractivity contribution in [3.63, 3.8) is 0 Å². The number of pyridine rings is 1. The minimum absolute atomic E-state index is 0.228. The van der Waals surface area contributed by atoms with Crippen LogP contribution in [0.1, 0.15) is 20.8 Å². The molecule has 0 spiro atoms. The quantitative estimate of drug-likeness (QED) is 0.462. The highest BCUT2D eigenvalue weighted by atomic mass is 127. The minimum atomic E-state index is -1.72. The van der Waals surface area contributed by atoms with Gasteiger partial charge in [-0.2, -0.15) is 0 Å². The fourth-order valence-corrected chi connectivity index (χ4v) is 2.55. The lowest BCUT2D eigenvalue weighted by molar-refractivity contribution is 0.487. The molecule has 1 rings (SSSR count). The molecule has 0 aliphatic carbocycles. The van der Waals surface area contributed by atoms with Crippen molar-refractivity contribution in [3.05, 3.63) is 22.0 Å². The minimum Gasteiger partial charge on any atom is -0.542 e. The van der Waals surface area contributed by atoms with Gasteiger partial charge in [-0.3, -0.25) is 0 Å². The molecule has 0 atom stereocenters. The van der Waals surface area contributed by atoms with Crippen LogP contribution in [0.15, 0.2) is 18.3 Å². The van der Waals surface area contributed by atoms with Gasteiger partial charge >= 0.3 is 0 Å². The Balaban J connectivity index is 2.92. The molecule has 0 aromatic carbocycles. The summed E-state index contributed by atoms with van der Waals surface area (Å²) < 4.78 is 7.11. The summed E-state index contributed by atoms with van der Waals surface area (Å²) in [4.78, 5) is 4.23. The first kappa shape index (κ1) is 13.0. The van der Waals surface area contributed by atoms with Crippen molar-refractivity contribution >= 4 is 30.9 Å². The number of hydrogen-bond acceptors (Lipinski definition) is 2. The topological polar surface area (TPSA) is 22.1 Å². The molecule has 4 heteroatoms. The fourth-order valence-electron chi connectivity index (χ4n) is 0.875. The Morgan fingerprint density at radius 1 is 1.33 bits per heavy atom. The van der Waals surface area contributed by atoms with Crippen LogP contribution in [0, 0.1) is 3.70 Å². The van der Waals surface area contributed by atoms with E-state index in [1.165, 1.54) is 0 Å². The molecule has 0 bridgehead atoms. The van der Waals surface area contributed by atoms with Gasteiger partial charge in [-0.25, -0.2) is 4.98 Å². The maximum Gasteiger partial charge on any atom is 0.250 e. The van der Waals surface area contributed by atoms with Crippen LogP contribution in [0.3, 0.4) is 0 Å². The standard InChI is InChI=1S/C11H18INOSi/c1-11(2,3)15(4,5)14-9-7-6-8-13-10(9)12/h6-8H,1-5H3. The highest BCUT2D eigenvalue weighted by Crippen LogP contribution is 2.37. The van der Waals surface area contributed by atoms with E-state index in [0.717, 1.165) is 9.45 Å². The summed E-state index contributed by atoms with van der Waals surface area (Å²) in [7, 11) is -1.72. The van der Waals surface area contributed by atoms with Gasteiger partial charge in [-0.1, -0.05) is 20.8 Å². The van der Waals surface area contributed by atoms with Gasteiger partial charge in [0.2, 0.25) is 0 Å². The van der Waals surface area contributed by atoms with Gasteiger partial charge < -0.3 is 4.43 Å². The fraction of sp³-hybridized carbons (Fsp3) is 0.545. The van der Waals surface area contributed by atoms with Crippen molar-refractivity contribution < 1.29 is 4.43 Å². The average molecular weight is 335 g/mol. The summed E-state index contributed by atoms with van der Waals surface area (Å²) >= 11 is 2.21. The van der Waals surface area contributed by atoms with Crippen LogP contribution in [0.4, 0.5) is 0 Å². The normalized spacial score (nSPS) is 12.7. The van der Waals surface area contributed by atoms with Crippen LogP contribution in [0.2, 0.25) is 18.1 Å². The highest BCUT2D eigenvalue weighted by molar-refractivity contribution is 14.1. The van der Waals surface area contributed by atoms with Crippen molar-refractivity contribution in [1.82, 2.24) is 4.98 Å². The molecule has 0 aliphatic rings. The zero-order valence-electron chi connectivity index (χ0n) is 9.97. The van der Waals surface area contributed by atoms with Crippen LogP contribution in [-0.4, -0.2) is 13.3 Å². The van der Waals surface area contributed by atoms with Gasteiger partial charge in [-0.15, -0.1) is 0 Å². The van der Waals surface area contributed by atoms with Gasteiger partial charge in [0, 0.05) is 6.20 Å². The molecular weight excluding hydrogens is 317 g/mol. The molecule has 0 fully saturated rings. The Bertz CT molecular complexity index is 347. The van der Waals surface area contributed by atoms with E-state index in [-0.39, 0.29) is 5.04 Å².